The zero-order valence-electron chi connectivity index (χ0n) is 10.5. The zero-order chi connectivity index (χ0) is 11.4. The zero-order valence-corrected chi connectivity index (χ0v) is 10.5. The Morgan fingerprint density at radius 1 is 1.19 bits per heavy atom. The van der Waals surface area contributed by atoms with Crippen LogP contribution in [0.2, 0.25) is 0 Å². The Bertz CT molecular complexity index is 206. The molecule has 0 amide bonds. The van der Waals surface area contributed by atoms with Gasteiger partial charge in [-0.2, -0.15) is 0 Å². The summed E-state index contributed by atoms with van der Waals surface area (Å²) in [5.41, 5.74) is 0.0362. The second kappa shape index (κ2) is 5.48. The van der Waals surface area contributed by atoms with Crippen LogP contribution in [0.15, 0.2) is 0 Å². The summed E-state index contributed by atoms with van der Waals surface area (Å²) < 4.78 is 0. The van der Waals surface area contributed by atoms with Crippen LogP contribution in [-0.4, -0.2) is 36.4 Å². The topological polar surface area (TPSA) is 44.3 Å². The fraction of sp³-hybridized carbons (Fsp3) is 1.00. The molecule has 1 saturated carbocycles. The molecule has 2 rings (SSSR count). The van der Waals surface area contributed by atoms with E-state index >= 15 is 0 Å². The molecular formula is C13H26N2O. The third-order valence-electron chi connectivity index (χ3n) is 4.38. The molecule has 2 fully saturated rings. The summed E-state index contributed by atoms with van der Waals surface area (Å²) in [7, 11) is 0. The normalized spacial score (nSPS) is 37.5. The largest absolute Gasteiger partial charge is 0.394 e. The summed E-state index contributed by atoms with van der Waals surface area (Å²) in [5, 5.41) is 16.8. The van der Waals surface area contributed by atoms with Crippen LogP contribution in [0.4, 0.5) is 0 Å². The number of aliphatic hydroxyl groups is 1. The molecule has 0 radical (unpaired) electrons. The molecule has 0 aromatic carbocycles. The van der Waals surface area contributed by atoms with E-state index in [0.29, 0.717) is 12.6 Å². The van der Waals surface area contributed by atoms with E-state index in [0.717, 1.165) is 31.8 Å². The van der Waals surface area contributed by atoms with Gasteiger partial charge in [-0.15, -0.1) is 0 Å². The van der Waals surface area contributed by atoms with Crippen LogP contribution < -0.4 is 10.6 Å². The Morgan fingerprint density at radius 2 is 1.81 bits per heavy atom. The van der Waals surface area contributed by atoms with Crippen LogP contribution in [0.3, 0.4) is 0 Å². The Morgan fingerprint density at radius 3 is 2.38 bits per heavy atom. The van der Waals surface area contributed by atoms with E-state index in [-0.39, 0.29) is 5.54 Å². The fourth-order valence-electron chi connectivity index (χ4n) is 3.06. The van der Waals surface area contributed by atoms with Crippen molar-refractivity contribution < 1.29 is 5.11 Å². The summed E-state index contributed by atoms with van der Waals surface area (Å²) in [4.78, 5) is 0. The van der Waals surface area contributed by atoms with Crippen LogP contribution in [0, 0.1) is 5.92 Å². The van der Waals surface area contributed by atoms with Gasteiger partial charge < -0.3 is 15.7 Å². The highest BCUT2D eigenvalue weighted by atomic mass is 16.3. The van der Waals surface area contributed by atoms with Gasteiger partial charge in [0.05, 0.1) is 6.61 Å². The molecule has 0 aromatic rings. The second-order valence-corrected chi connectivity index (χ2v) is 5.79. The maximum atomic E-state index is 9.68. The SMILES string of the molecule is CC1CCC(CO)(NC2CCNCC2)CC1. The Kier molecular flexibility index (Phi) is 4.22. The van der Waals surface area contributed by atoms with E-state index in [9.17, 15) is 5.11 Å². The van der Waals surface area contributed by atoms with Crippen molar-refractivity contribution >= 4 is 0 Å². The highest BCUT2D eigenvalue weighted by Gasteiger charge is 2.35. The lowest BCUT2D eigenvalue weighted by Gasteiger charge is -2.42. The van der Waals surface area contributed by atoms with E-state index < -0.39 is 0 Å². The first-order valence-electron chi connectivity index (χ1n) is 6.83. The van der Waals surface area contributed by atoms with Gasteiger partial charge in [0.25, 0.3) is 0 Å². The Labute approximate surface area is 99.0 Å². The Hall–Kier alpha value is -0.120. The van der Waals surface area contributed by atoms with Crippen molar-refractivity contribution in [2.24, 2.45) is 5.92 Å². The van der Waals surface area contributed by atoms with Gasteiger partial charge in [-0.05, 0) is 57.5 Å². The first-order chi connectivity index (χ1) is 7.74. The maximum absolute atomic E-state index is 9.68. The first-order valence-corrected chi connectivity index (χ1v) is 6.83. The van der Waals surface area contributed by atoms with Gasteiger partial charge in [0, 0.05) is 11.6 Å². The van der Waals surface area contributed by atoms with Crippen molar-refractivity contribution in [1.29, 1.82) is 0 Å². The van der Waals surface area contributed by atoms with E-state index in [1.165, 1.54) is 25.7 Å². The first kappa shape index (κ1) is 12.3. The molecule has 0 unspecified atom stereocenters. The lowest BCUT2D eigenvalue weighted by Crippen LogP contribution is -2.56. The lowest BCUT2D eigenvalue weighted by atomic mass is 9.77. The quantitative estimate of drug-likeness (QED) is 0.679. The summed E-state index contributed by atoms with van der Waals surface area (Å²) in [6, 6.07) is 0.613. The average Bonchev–Trinajstić information content (AvgIpc) is 2.34. The minimum atomic E-state index is 0.0362. The van der Waals surface area contributed by atoms with Gasteiger partial charge in [0.15, 0.2) is 0 Å². The van der Waals surface area contributed by atoms with Crippen molar-refractivity contribution in [2.45, 2.75) is 57.0 Å². The molecule has 1 saturated heterocycles. The summed E-state index contributed by atoms with van der Waals surface area (Å²) in [6.45, 7) is 4.88. The van der Waals surface area contributed by atoms with Crippen LogP contribution in [-0.2, 0) is 0 Å². The maximum Gasteiger partial charge on any atom is 0.0613 e. The summed E-state index contributed by atoms with van der Waals surface area (Å²) >= 11 is 0. The highest BCUT2D eigenvalue weighted by molar-refractivity contribution is 4.94. The standard InChI is InChI=1S/C13H26N2O/c1-11-2-6-13(10-16,7-3-11)15-12-4-8-14-9-5-12/h11-12,14-16H,2-10H2,1H3. The van der Waals surface area contributed by atoms with E-state index in [2.05, 4.69) is 17.6 Å². The highest BCUT2D eigenvalue weighted by Crippen LogP contribution is 2.32. The van der Waals surface area contributed by atoms with Crippen molar-refractivity contribution in [1.82, 2.24) is 10.6 Å². The Balaban J connectivity index is 1.88. The van der Waals surface area contributed by atoms with Gasteiger partial charge in [0.2, 0.25) is 0 Å². The molecule has 3 heteroatoms. The predicted octanol–water partition coefficient (Wildman–Crippen LogP) is 1.27. The molecule has 0 aromatic heterocycles. The van der Waals surface area contributed by atoms with Crippen molar-refractivity contribution in [3.63, 3.8) is 0 Å². The predicted molar refractivity (Wildman–Crippen MR) is 66.5 cm³/mol. The summed E-state index contributed by atoms with van der Waals surface area (Å²) in [6.07, 6.45) is 7.23. The van der Waals surface area contributed by atoms with Gasteiger partial charge >= 0.3 is 0 Å². The van der Waals surface area contributed by atoms with E-state index in [1.807, 2.05) is 0 Å². The number of hydrogen-bond donors (Lipinski definition) is 3. The molecule has 0 atom stereocenters. The molecule has 3 N–H and O–H groups in total. The van der Waals surface area contributed by atoms with Crippen LogP contribution in [0.1, 0.15) is 45.4 Å². The number of aliphatic hydroxyl groups excluding tert-OH is 1. The number of nitrogens with one attached hydrogen (secondary N) is 2. The van der Waals surface area contributed by atoms with Gasteiger partial charge in [-0.1, -0.05) is 6.92 Å². The van der Waals surface area contributed by atoms with Gasteiger partial charge in [-0.3, -0.25) is 0 Å². The number of piperidine rings is 1. The van der Waals surface area contributed by atoms with Crippen molar-refractivity contribution in [3.05, 3.63) is 0 Å². The third-order valence-corrected chi connectivity index (χ3v) is 4.38. The third kappa shape index (κ3) is 2.96. The molecular weight excluding hydrogens is 200 g/mol. The molecule has 16 heavy (non-hydrogen) atoms. The molecule has 94 valence electrons. The molecule has 2 aliphatic rings. The smallest absolute Gasteiger partial charge is 0.0613 e. The molecule has 1 aliphatic carbocycles. The molecule has 0 spiro atoms. The minimum absolute atomic E-state index is 0.0362. The molecule has 1 heterocycles. The van der Waals surface area contributed by atoms with E-state index in [1.54, 1.807) is 0 Å². The minimum Gasteiger partial charge on any atom is -0.394 e. The molecule has 0 bridgehead atoms. The van der Waals surface area contributed by atoms with Crippen LogP contribution in [0.5, 0.6) is 0 Å². The summed E-state index contributed by atoms with van der Waals surface area (Å²) in [5.74, 6) is 0.842. The van der Waals surface area contributed by atoms with Crippen LogP contribution >= 0.6 is 0 Å². The van der Waals surface area contributed by atoms with E-state index in [4.69, 9.17) is 0 Å². The lowest BCUT2D eigenvalue weighted by molar-refractivity contribution is 0.0889. The molecule has 1 aliphatic heterocycles. The van der Waals surface area contributed by atoms with Crippen molar-refractivity contribution in [3.8, 4) is 0 Å². The average molecular weight is 226 g/mol. The van der Waals surface area contributed by atoms with Crippen LogP contribution in [0.25, 0.3) is 0 Å². The van der Waals surface area contributed by atoms with Crippen molar-refractivity contribution in [2.75, 3.05) is 19.7 Å². The second-order valence-electron chi connectivity index (χ2n) is 5.79. The monoisotopic (exact) mass is 226 g/mol. The van der Waals surface area contributed by atoms with Gasteiger partial charge in [-0.25, -0.2) is 0 Å². The fourth-order valence-corrected chi connectivity index (χ4v) is 3.06. The number of hydrogen-bond acceptors (Lipinski definition) is 3. The molecule has 3 nitrogen and oxygen atoms in total. The van der Waals surface area contributed by atoms with Gasteiger partial charge in [0.1, 0.15) is 0 Å². The number of rotatable bonds is 3.